The third-order valence-electron chi connectivity index (χ3n) is 2.04. The Labute approximate surface area is 84.1 Å². The predicted octanol–water partition coefficient (Wildman–Crippen LogP) is 3.58. The molecule has 2 aromatic carbocycles. The number of hydrogen-bond acceptors (Lipinski definition) is 1. The van der Waals surface area contributed by atoms with E-state index in [1.165, 1.54) is 36.4 Å². The molecule has 0 saturated heterocycles. The Morgan fingerprint density at radius 3 is 2.33 bits per heavy atom. The van der Waals surface area contributed by atoms with E-state index in [1.54, 1.807) is 0 Å². The van der Waals surface area contributed by atoms with Gasteiger partial charge in [0.15, 0.2) is 0 Å². The van der Waals surface area contributed by atoms with Gasteiger partial charge in [0, 0.05) is 10.8 Å². The zero-order valence-corrected chi connectivity index (χ0v) is 7.58. The zero-order chi connectivity index (χ0) is 10.8. The molecule has 0 amide bonds. The third-order valence-corrected chi connectivity index (χ3v) is 2.04. The first-order chi connectivity index (χ1) is 7.18. The number of fused-ring (bicyclic) bond motifs is 1. The molecule has 0 heterocycles. The summed E-state index contributed by atoms with van der Waals surface area (Å²) in [5.74, 6) is -0.464. The molecule has 0 atom stereocenters. The van der Waals surface area contributed by atoms with Gasteiger partial charge >= 0.3 is 6.61 Å². The van der Waals surface area contributed by atoms with E-state index in [0.717, 1.165) is 0 Å². The van der Waals surface area contributed by atoms with Crippen molar-refractivity contribution in [2.24, 2.45) is 0 Å². The molecule has 4 heteroatoms. The van der Waals surface area contributed by atoms with Crippen LogP contribution in [0, 0.1) is 5.82 Å². The summed E-state index contributed by atoms with van der Waals surface area (Å²) in [6.07, 6.45) is 0. The fourth-order valence-corrected chi connectivity index (χ4v) is 1.44. The highest BCUT2D eigenvalue weighted by molar-refractivity contribution is 5.88. The summed E-state index contributed by atoms with van der Waals surface area (Å²) in [7, 11) is 0. The van der Waals surface area contributed by atoms with E-state index in [9.17, 15) is 13.2 Å². The first-order valence-corrected chi connectivity index (χ1v) is 4.30. The van der Waals surface area contributed by atoms with Crippen molar-refractivity contribution in [1.29, 1.82) is 0 Å². The second-order valence-corrected chi connectivity index (χ2v) is 2.97. The Kier molecular flexibility index (Phi) is 2.49. The lowest BCUT2D eigenvalue weighted by Gasteiger charge is -2.07. The Bertz CT molecular complexity index is 482. The highest BCUT2D eigenvalue weighted by Gasteiger charge is 2.09. The molecule has 0 bridgehead atoms. The van der Waals surface area contributed by atoms with Crippen LogP contribution < -0.4 is 4.74 Å². The van der Waals surface area contributed by atoms with E-state index in [2.05, 4.69) is 4.74 Å². The van der Waals surface area contributed by atoms with Gasteiger partial charge in [-0.15, -0.1) is 0 Å². The van der Waals surface area contributed by atoms with Crippen molar-refractivity contribution in [3.8, 4) is 5.75 Å². The summed E-state index contributed by atoms with van der Waals surface area (Å²) in [5, 5.41) is 0.619. The first-order valence-electron chi connectivity index (χ1n) is 4.30. The van der Waals surface area contributed by atoms with Crippen LogP contribution in [0.25, 0.3) is 10.8 Å². The van der Waals surface area contributed by atoms with Crippen LogP contribution in [-0.2, 0) is 0 Å². The average Bonchev–Trinajstić information content (AvgIpc) is 2.19. The lowest BCUT2D eigenvalue weighted by molar-refractivity contribution is -0.0488. The summed E-state index contributed by atoms with van der Waals surface area (Å²) in [5.41, 5.74) is 0. The third kappa shape index (κ3) is 1.88. The van der Waals surface area contributed by atoms with Gasteiger partial charge in [-0.3, -0.25) is 0 Å². The Morgan fingerprint density at radius 1 is 0.933 bits per heavy atom. The molecule has 2 rings (SSSR count). The van der Waals surface area contributed by atoms with Crippen LogP contribution in [0.15, 0.2) is 36.4 Å². The summed E-state index contributed by atoms with van der Waals surface area (Å²) in [6, 6.07) is 8.64. The maximum Gasteiger partial charge on any atom is 0.387 e. The maximum absolute atomic E-state index is 13.3. The van der Waals surface area contributed by atoms with E-state index in [0.29, 0.717) is 5.39 Å². The molecule has 2 aromatic rings. The molecule has 0 aliphatic carbocycles. The molecular formula is C11H7F3O. The molecule has 0 unspecified atom stereocenters. The van der Waals surface area contributed by atoms with Gasteiger partial charge in [0.25, 0.3) is 0 Å². The van der Waals surface area contributed by atoms with Crippen molar-refractivity contribution < 1.29 is 17.9 Å². The second-order valence-electron chi connectivity index (χ2n) is 2.97. The van der Waals surface area contributed by atoms with Gasteiger partial charge in [0.1, 0.15) is 11.6 Å². The van der Waals surface area contributed by atoms with Crippen LogP contribution in [0.5, 0.6) is 5.75 Å². The van der Waals surface area contributed by atoms with Crippen molar-refractivity contribution in [3.63, 3.8) is 0 Å². The molecule has 0 saturated carbocycles. The van der Waals surface area contributed by atoms with Crippen molar-refractivity contribution >= 4 is 10.8 Å². The summed E-state index contributed by atoms with van der Waals surface area (Å²) in [6.45, 7) is -2.90. The fourth-order valence-electron chi connectivity index (χ4n) is 1.44. The van der Waals surface area contributed by atoms with E-state index in [4.69, 9.17) is 0 Å². The number of ether oxygens (including phenoxy) is 1. The zero-order valence-electron chi connectivity index (χ0n) is 7.58. The standard InChI is InChI=1S/C11H7F3O/c12-9-5-1-4-8-7(9)3-2-6-10(8)15-11(13)14/h1-6,11H. The van der Waals surface area contributed by atoms with Crippen molar-refractivity contribution in [2.45, 2.75) is 6.61 Å². The van der Waals surface area contributed by atoms with Gasteiger partial charge in [0.05, 0.1) is 0 Å². The minimum Gasteiger partial charge on any atom is -0.434 e. The number of alkyl halides is 2. The van der Waals surface area contributed by atoms with Crippen LogP contribution in [0.3, 0.4) is 0 Å². The lowest BCUT2D eigenvalue weighted by atomic mass is 10.1. The molecular weight excluding hydrogens is 205 g/mol. The molecule has 0 aromatic heterocycles. The molecule has 15 heavy (non-hydrogen) atoms. The molecule has 0 aliphatic heterocycles. The Morgan fingerprint density at radius 2 is 1.60 bits per heavy atom. The molecule has 0 fully saturated rings. The van der Waals surface area contributed by atoms with Crippen LogP contribution in [-0.4, -0.2) is 6.61 Å². The monoisotopic (exact) mass is 212 g/mol. The number of hydrogen-bond donors (Lipinski definition) is 0. The minimum absolute atomic E-state index is 0.0120. The van der Waals surface area contributed by atoms with Gasteiger partial charge in [-0.2, -0.15) is 8.78 Å². The topological polar surface area (TPSA) is 9.23 Å². The van der Waals surface area contributed by atoms with Crippen LogP contribution in [0.1, 0.15) is 0 Å². The summed E-state index contributed by atoms with van der Waals surface area (Å²) >= 11 is 0. The minimum atomic E-state index is -2.90. The van der Waals surface area contributed by atoms with E-state index in [1.807, 2.05) is 0 Å². The molecule has 0 radical (unpaired) electrons. The maximum atomic E-state index is 13.3. The molecule has 78 valence electrons. The van der Waals surface area contributed by atoms with E-state index < -0.39 is 12.4 Å². The predicted molar refractivity (Wildman–Crippen MR) is 50.5 cm³/mol. The van der Waals surface area contributed by atoms with Crippen molar-refractivity contribution in [3.05, 3.63) is 42.2 Å². The van der Waals surface area contributed by atoms with Crippen molar-refractivity contribution in [1.82, 2.24) is 0 Å². The number of halogens is 3. The van der Waals surface area contributed by atoms with Gasteiger partial charge in [-0.05, 0) is 12.1 Å². The van der Waals surface area contributed by atoms with Crippen LogP contribution in [0.4, 0.5) is 13.2 Å². The van der Waals surface area contributed by atoms with Crippen molar-refractivity contribution in [2.75, 3.05) is 0 Å². The summed E-state index contributed by atoms with van der Waals surface area (Å²) < 4.78 is 41.6. The quantitative estimate of drug-likeness (QED) is 0.739. The Hall–Kier alpha value is -1.71. The smallest absolute Gasteiger partial charge is 0.387 e. The average molecular weight is 212 g/mol. The molecule has 0 N–H and O–H groups in total. The van der Waals surface area contributed by atoms with Crippen LogP contribution in [0.2, 0.25) is 0 Å². The molecule has 0 aliphatic rings. The second kappa shape index (κ2) is 3.81. The normalized spacial score (nSPS) is 10.9. The summed E-state index contributed by atoms with van der Waals surface area (Å²) in [4.78, 5) is 0. The lowest BCUT2D eigenvalue weighted by Crippen LogP contribution is -2.02. The molecule has 0 spiro atoms. The van der Waals surface area contributed by atoms with Crippen LogP contribution >= 0.6 is 0 Å². The van der Waals surface area contributed by atoms with Gasteiger partial charge < -0.3 is 4.74 Å². The highest BCUT2D eigenvalue weighted by Crippen LogP contribution is 2.28. The largest absolute Gasteiger partial charge is 0.434 e. The Balaban J connectivity index is 2.61. The van der Waals surface area contributed by atoms with E-state index in [-0.39, 0.29) is 11.1 Å². The van der Waals surface area contributed by atoms with E-state index >= 15 is 0 Å². The van der Waals surface area contributed by atoms with Gasteiger partial charge in [-0.25, -0.2) is 4.39 Å². The fraction of sp³-hybridized carbons (Fsp3) is 0.0909. The number of rotatable bonds is 2. The van der Waals surface area contributed by atoms with Gasteiger partial charge in [-0.1, -0.05) is 24.3 Å². The number of benzene rings is 2. The first kappa shape index (κ1) is 9.83. The van der Waals surface area contributed by atoms with Gasteiger partial charge in [0.2, 0.25) is 0 Å². The highest BCUT2D eigenvalue weighted by atomic mass is 19.3. The molecule has 1 nitrogen and oxygen atoms in total. The SMILES string of the molecule is Fc1cccc2c(OC(F)F)cccc12.